The minimum Gasteiger partial charge on any atom is -0.395 e. The lowest BCUT2D eigenvalue weighted by molar-refractivity contribution is 0.149. The Morgan fingerprint density at radius 2 is 1.05 bits per heavy atom. The fourth-order valence-electron chi connectivity index (χ4n) is 2.68. The largest absolute Gasteiger partial charge is 0.395 e. The van der Waals surface area contributed by atoms with E-state index in [1.165, 1.54) is 6.42 Å². The first-order valence-electron chi connectivity index (χ1n) is 8.44. The molecule has 1 aliphatic heterocycles. The Kier molecular flexibility index (Phi) is 12.0. The summed E-state index contributed by atoms with van der Waals surface area (Å²) in [6.07, 6.45) is 3.40. The predicted octanol–water partition coefficient (Wildman–Crippen LogP) is -1.06. The van der Waals surface area contributed by atoms with Gasteiger partial charge in [0.1, 0.15) is 0 Å². The van der Waals surface area contributed by atoms with Crippen molar-refractivity contribution in [2.24, 2.45) is 0 Å². The van der Waals surface area contributed by atoms with Crippen LogP contribution >= 0.6 is 0 Å². The minimum absolute atomic E-state index is 0.220. The molecule has 4 N–H and O–H groups in total. The molecule has 6 heteroatoms. The molecule has 0 unspecified atom stereocenters. The molecule has 6 nitrogen and oxygen atoms in total. The molecule has 0 radical (unpaired) electrons. The van der Waals surface area contributed by atoms with Crippen LogP contribution in [0.25, 0.3) is 0 Å². The summed E-state index contributed by atoms with van der Waals surface area (Å²) in [5, 5.41) is 25.3. The second-order valence-electron chi connectivity index (χ2n) is 5.69. The van der Waals surface area contributed by atoms with E-state index in [9.17, 15) is 10.2 Å². The maximum absolute atomic E-state index is 9.18. The summed E-state index contributed by atoms with van der Waals surface area (Å²) in [6.45, 7) is 10.1. The summed E-state index contributed by atoms with van der Waals surface area (Å²) in [7, 11) is 0. The Hall–Kier alpha value is -0.240. The number of nitrogens with one attached hydrogen (secondary N) is 2. The summed E-state index contributed by atoms with van der Waals surface area (Å²) in [4.78, 5) is 4.65. The topological polar surface area (TPSA) is 71.0 Å². The number of hydrogen-bond donors (Lipinski definition) is 4. The highest BCUT2D eigenvalue weighted by molar-refractivity contribution is 4.66. The van der Waals surface area contributed by atoms with Crippen molar-refractivity contribution in [3.8, 4) is 0 Å². The number of hydrogen-bond acceptors (Lipinski definition) is 6. The maximum Gasteiger partial charge on any atom is 0.0558 e. The number of aliphatic hydroxyl groups excluding tert-OH is 2. The molecule has 1 fully saturated rings. The van der Waals surface area contributed by atoms with Crippen LogP contribution in [0.5, 0.6) is 0 Å². The van der Waals surface area contributed by atoms with Gasteiger partial charge in [0, 0.05) is 26.2 Å². The van der Waals surface area contributed by atoms with Crippen LogP contribution in [-0.4, -0.2) is 98.7 Å². The van der Waals surface area contributed by atoms with Gasteiger partial charge >= 0.3 is 0 Å². The number of aliphatic hydroxyl groups is 2. The molecule has 1 saturated heterocycles. The van der Waals surface area contributed by atoms with Gasteiger partial charge in [0.25, 0.3) is 0 Å². The molecule has 0 aromatic heterocycles. The lowest BCUT2D eigenvalue weighted by Crippen LogP contribution is -2.39. The zero-order valence-corrected chi connectivity index (χ0v) is 13.4. The Labute approximate surface area is 129 Å². The molecule has 21 heavy (non-hydrogen) atoms. The second kappa shape index (κ2) is 13.4. The van der Waals surface area contributed by atoms with Gasteiger partial charge in [-0.3, -0.25) is 9.80 Å². The third kappa shape index (κ3) is 10.2. The van der Waals surface area contributed by atoms with E-state index >= 15 is 0 Å². The highest BCUT2D eigenvalue weighted by Crippen LogP contribution is 1.97. The molecule has 0 aliphatic carbocycles. The van der Waals surface area contributed by atoms with Crippen LogP contribution in [0.4, 0.5) is 0 Å². The van der Waals surface area contributed by atoms with E-state index in [0.717, 1.165) is 78.3 Å². The Bertz CT molecular complexity index is 210. The standard InChI is InChI=1S/C15H34N4O2/c20-14-12-18-8-2-6-16-4-1-5-17-7-3-9-19(11-10-18)13-15-21/h16-17,20-21H,1-15H2. The van der Waals surface area contributed by atoms with Gasteiger partial charge in [-0.25, -0.2) is 0 Å². The molecule has 0 saturated carbocycles. The van der Waals surface area contributed by atoms with Crippen molar-refractivity contribution in [1.82, 2.24) is 20.4 Å². The maximum atomic E-state index is 9.18. The Balaban J connectivity index is 2.40. The molecule has 1 rings (SSSR count). The quantitative estimate of drug-likeness (QED) is 0.531. The molecule has 1 aliphatic rings. The second-order valence-corrected chi connectivity index (χ2v) is 5.69. The van der Waals surface area contributed by atoms with Crippen LogP contribution in [0.3, 0.4) is 0 Å². The molecule has 0 aromatic rings. The molecule has 0 amide bonds. The molecular formula is C15H34N4O2. The third-order valence-electron chi connectivity index (χ3n) is 3.93. The number of rotatable bonds is 4. The molecule has 0 aromatic carbocycles. The smallest absolute Gasteiger partial charge is 0.0558 e. The fraction of sp³-hybridized carbons (Fsp3) is 1.00. The van der Waals surface area contributed by atoms with Crippen LogP contribution in [0.1, 0.15) is 19.3 Å². The minimum atomic E-state index is 0.220. The Morgan fingerprint density at radius 3 is 1.48 bits per heavy atom. The van der Waals surface area contributed by atoms with Crippen molar-refractivity contribution >= 4 is 0 Å². The Morgan fingerprint density at radius 1 is 0.619 bits per heavy atom. The van der Waals surface area contributed by atoms with Gasteiger partial charge in [-0.1, -0.05) is 0 Å². The van der Waals surface area contributed by atoms with Gasteiger partial charge in [-0.2, -0.15) is 0 Å². The first-order chi connectivity index (χ1) is 10.4. The average Bonchev–Trinajstić information content (AvgIpc) is 2.49. The zero-order valence-electron chi connectivity index (χ0n) is 13.4. The van der Waals surface area contributed by atoms with Gasteiger partial charge in [-0.05, 0) is 58.5 Å². The summed E-state index contributed by atoms with van der Waals surface area (Å²) >= 11 is 0. The summed E-state index contributed by atoms with van der Waals surface area (Å²) in [5.74, 6) is 0. The van der Waals surface area contributed by atoms with Gasteiger partial charge in [0.05, 0.1) is 13.2 Å². The lowest BCUT2D eigenvalue weighted by atomic mass is 10.3. The highest BCUT2D eigenvalue weighted by Gasteiger charge is 2.09. The van der Waals surface area contributed by atoms with E-state index in [1.807, 2.05) is 0 Å². The van der Waals surface area contributed by atoms with Crippen molar-refractivity contribution in [2.75, 3.05) is 78.7 Å². The summed E-state index contributed by atoms with van der Waals surface area (Å²) in [5.41, 5.74) is 0. The van der Waals surface area contributed by atoms with Crippen molar-refractivity contribution in [3.05, 3.63) is 0 Å². The monoisotopic (exact) mass is 302 g/mol. The zero-order chi connectivity index (χ0) is 15.2. The van der Waals surface area contributed by atoms with Crippen molar-refractivity contribution in [1.29, 1.82) is 0 Å². The van der Waals surface area contributed by atoms with E-state index < -0.39 is 0 Å². The van der Waals surface area contributed by atoms with E-state index in [2.05, 4.69) is 20.4 Å². The summed E-state index contributed by atoms with van der Waals surface area (Å²) < 4.78 is 0. The molecule has 126 valence electrons. The van der Waals surface area contributed by atoms with Gasteiger partial charge < -0.3 is 20.8 Å². The predicted molar refractivity (Wildman–Crippen MR) is 86.6 cm³/mol. The van der Waals surface area contributed by atoms with Gasteiger partial charge in [0.2, 0.25) is 0 Å². The van der Waals surface area contributed by atoms with Crippen LogP contribution in [-0.2, 0) is 0 Å². The normalized spacial score (nSPS) is 22.6. The molecule has 0 bridgehead atoms. The van der Waals surface area contributed by atoms with Crippen LogP contribution in [0.15, 0.2) is 0 Å². The van der Waals surface area contributed by atoms with Gasteiger partial charge in [0.15, 0.2) is 0 Å². The molecule has 0 spiro atoms. The molecule has 0 atom stereocenters. The van der Waals surface area contributed by atoms with Crippen LogP contribution in [0.2, 0.25) is 0 Å². The van der Waals surface area contributed by atoms with Crippen molar-refractivity contribution in [3.63, 3.8) is 0 Å². The van der Waals surface area contributed by atoms with E-state index in [0.29, 0.717) is 0 Å². The fourth-order valence-corrected chi connectivity index (χ4v) is 2.68. The van der Waals surface area contributed by atoms with Crippen molar-refractivity contribution < 1.29 is 10.2 Å². The third-order valence-corrected chi connectivity index (χ3v) is 3.93. The van der Waals surface area contributed by atoms with E-state index in [4.69, 9.17) is 0 Å². The average molecular weight is 302 g/mol. The van der Waals surface area contributed by atoms with Gasteiger partial charge in [-0.15, -0.1) is 0 Å². The molecule has 1 heterocycles. The first-order valence-corrected chi connectivity index (χ1v) is 8.44. The summed E-state index contributed by atoms with van der Waals surface area (Å²) in [6, 6.07) is 0. The first kappa shape index (κ1) is 18.8. The lowest BCUT2D eigenvalue weighted by Gasteiger charge is -2.27. The highest BCUT2D eigenvalue weighted by atomic mass is 16.3. The number of nitrogens with zero attached hydrogens (tertiary/aromatic N) is 2. The van der Waals surface area contributed by atoms with E-state index in [1.54, 1.807) is 0 Å². The van der Waals surface area contributed by atoms with Crippen LogP contribution in [0, 0.1) is 0 Å². The van der Waals surface area contributed by atoms with E-state index in [-0.39, 0.29) is 13.2 Å². The van der Waals surface area contributed by atoms with Crippen LogP contribution < -0.4 is 10.6 Å². The number of β-amino-alcohol motifs (C(OH)–C–C–N with tert-alkyl or cyclic N) is 2. The SMILES string of the molecule is OCCN1CCCNCCCNCCCN(CCO)CC1. The molecular weight excluding hydrogens is 268 g/mol. The van der Waals surface area contributed by atoms with Crippen molar-refractivity contribution in [2.45, 2.75) is 19.3 Å².